The number of ether oxygens (including phenoxy) is 2. The van der Waals surface area contributed by atoms with Crippen molar-refractivity contribution in [2.45, 2.75) is 71.8 Å². The van der Waals surface area contributed by atoms with Gasteiger partial charge in [0.15, 0.2) is 6.10 Å². The second-order valence-corrected chi connectivity index (χ2v) is 9.32. The summed E-state index contributed by atoms with van der Waals surface area (Å²) in [6.07, 6.45) is 6.47. The number of nitrogens with zero attached hydrogens (tertiary/aromatic N) is 2. The maximum atomic E-state index is 13.4. The van der Waals surface area contributed by atoms with Crippen LogP contribution in [-0.4, -0.2) is 56.9 Å². The van der Waals surface area contributed by atoms with Crippen LogP contribution >= 0.6 is 0 Å². The molecule has 6 nitrogen and oxygen atoms in total. The summed E-state index contributed by atoms with van der Waals surface area (Å²) in [5, 5.41) is 0. The molecule has 2 rings (SSSR count). The highest BCUT2D eigenvalue weighted by Gasteiger charge is 2.21. The number of aryl methyl sites for hydroxylation is 1. The van der Waals surface area contributed by atoms with Gasteiger partial charge >= 0.3 is 12.0 Å². The van der Waals surface area contributed by atoms with Gasteiger partial charge in [-0.3, -0.25) is 4.90 Å². The molecule has 1 atom stereocenters. The molecule has 36 heavy (non-hydrogen) atoms. The Kier molecular flexibility index (Phi) is 13.1. The fourth-order valence-corrected chi connectivity index (χ4v) is 4.16. The lowest BCUT2D eigenvalue weighted by atomic mass is 10.0. The van der Waals surface area contributed by atoms with E-state index in [1.807, 2.05) is 62.2 Å². The van der Waals surface area contributed by atoms with Crippen LogP contribution in [0.2, 0.25) is 0 Å². The normalized spacial score (nSPS) is 11.7. The smallest absolute Gasteiger partial charge is 0.335 e. The Balaban J connectivity index is 2.02. The van der Waals surface area contributed by atoms with Gasteiger partial charge in [0.25, 0.3) is 0 Å². The zero-order chi connectivity index (χ0) is 26.3. The molecule has 0 heterocycles. The van der Waals surface area contributed by atoms with Gasteiger partial charge in [-0.05, 0) is 49.9 Å². The number of hydrogen-bond donors (Lipinski definition) is 0. The molecular weight excluding hydrogens is 452 g/mol. The van der Waals surface area contributed by atoms with E-state index in [-0.39, 0.29) is 12.0 Å². The second kappa shape index (κ2) is 16.0. The first-order valence-corrected chi connectivity index (χ1v) is 13.3. The van der Waals surface area contributed by atoms with Crippen molar-refractivity contribution in [2.75, 3.05) is 38.8 Å². The summed E-state index contributed by atoms with van der Waals surface area (Å²) in [7, 11) is 3.23. The zero-order valence-electron chi connectivity index (χ0n) is 22.8. The van der Waals surface area contributed by atoms with Crippen LogP contribution in [0.25, 0.3) is 0 Å². The molecule has 198 valence electrons. The Morgan fingerprint density at radius 1 is 0.861 bits per heavy atom. The zero-order valence-corrected chi connectivity index (χ0v) is 22.8. The fourth-order valence-electron chi connectivity index (χ4n) is 4.16. The Hall–Kier alpha value is -2.86. The third-order valence-electron chi connectivity index (χ3n) is 6.46. The number of methoxy groups -OCH3 is 1. The first kappa shape index (κ1) is 29.4. The molecule has 0 fully saturated rings. The van der Waals surface area contributed by atoms with Gasteiger partial charge in [0.05, 0.1) is 7.11 Å². The van der Waals surface area contributed by atoms with Crippen molar-refractivity contribution in [3.63, 3.8) is 0 Å². The average Bonchev–Trinajstić information content (AvgIpc) is 2.90. The summed E-state index contributed by atoms with van der Waals surface area (Å²) in [6.45, 7) is 8.00. The minimum atomic E-state index is -0.594. The number of amides is 2. The van der Waals surface area contributed by atoms with Crippen LogP contribution in [0.3, 0.4) is 0 Å². The maximum absolute atomic E-state index is 13.4. The minimum Gasteiger partial charge on any atom is -0.467 e. The molecule has 0 bridgehead atoms. The topological polar surface area (TPSA) is 59.1 Å². The van der Waals surface area contributed by atoms with E-state index >= 15 is 0 Å². The summed E-state index contributed by atoms with van der Waals surface area (Å²) >= 11 is 0. The number of rotatable bonds is 15. The molecule has 1 unspecified atom stereocenters. The Morgan fingerprint density at radius 2 is 1.50 bits per heavy atom. The quantitative estimate of drug-likeness (QED) is 0.218. The number of benzene rings is 2. The van der Waals surface area contributed by atoms with Crippen LogP contribution in [-0.2, 0) is 27.1 Å². The molecule has 0 saturated carbocycles. The third kappa shape index (κ3) is 9.65. The number of anilines is 1. The first-order chi connectivity index (χ1) is 17.4. The van der Waals surface area contributed by atoms with E-state index in [0.717, 1.165) is 42.6 Å². The molecule has 6 heteroatoms. The summed E-state index contributed by atoms with van der Waals surface area (Å²) in [4.78, 5) is 29.1. The molecule has 0 spiro atoms. The van der Waals surface area contributed by atoms with Crippen LogP contribution in [0.4, 0.5) is 10.5 Å². The van der Waals surface area contributed by atoms with Crippen molar-refractivity contribution in [1.82, 2.24) is 4.90 Å². The summed E-state index contributed by atoms with van der Waals surface area (Å²) < 4.78 is 10.4. The van der Waals surface area contributed by atoms with Gasteiger partial charge in [-0.15, -0.1) is 0 Å². The highest BCUT2D eigenvalue weighted by molar-refractivity contribution is 5.91. The summed E-state index contributed by atoms with van der Waals surface area (Å²) in [5.74, 6) is -0.355. The predicted octanol–water partition coefficient (Wildman–Crippen LogP) is 6.19. The molecule has 0 aromatic heterocycles. The molecule has 0 saturated heterocycles. The van der Waals surface area contributed by atoms with E-state index in [4.69, 9.17) is 9.47 Å². The molecule has 0 aliphatic rings. The lowest BCUT2D eigenvalue weighted by molar-refractivity contribution is -0.153. The second-order valence-electron chi connectivity index (χ2n) is 9.32. The fraction of sp³-hybridized carbons (Fsp3) is 0.533. The first-order valence-electron chi connectivity index (χ1n) is 13.3. The Bertz CT molecular complexity index is 912. The van der Waals surface area contributed by atoms with Crippen LogP contribution in [0.5, 0.6) is 0 Å². The van der Waals surface area contributed by atoms with E-state index in [2.05, 4.69) is 19.1 Å². The molecular formula is C30H44N2O4. The lowest BCUT2D eigenvalue weighted by Gasteiger charge is -2.28. The monoisotopic (exact) mass is 496 g/mol. The molecule has 2 aromatic carbocycles. The largest absolute Gasteiger partial charge is 0.467 e. The van der Waals surface area contributed by atoms with Crippen LogP contribution in [0, 0.1) is 6.92 Å². The predicted molar refractivity (Wildman–Crippen MR) is 147 cm³/mol. The van der Waals surface area contributed by atoms with Crippen molar-refractivity contribution in [3.05, 3.63) is 65.2 Å². The van der Waals surface area contributed by atoms with Crippen molar-refractivity contribution in [1.29, 1.82) is 0 Å². The number of carbonyl (C=O) groups excluding carboxylic acids is 2. The minimum absolute atomic E-state index is 0.0311. The lowest BCUT2D eigenvalue weighted by Crippen LogP contribution is -2.42. The maximum Gasteiger partial charge on any atom is 0.335 e. The standard InChI is InChI=1S/C30H44N2O4/c1-6-8-9-10-11-21-32(30(34)31(4)27-18-12-24(3)13-19-27)22-20-25-14-16-26(17-15-25)23-28(36-7-2)29(33)35-5/h12-19,28H,6-11,20-23H2,1-5H3. The molecule has 0 aliphatic carbocycles. The van der Waals surface area contributed by atoms with Crippen molar-refractivity contribution in [3.8, 4) is 0 Å². The van der Waals surface area contributed by atoms with E-state index in [1.165, 1.54) is 31.9 Å². The Morgan fingerprint density at radius 3 is 2.11 bits per heavy atom. The number of esters is 1. The van der Waals surface area contributed by atoms with Gasteiger partial charge < -0.3 is 14.4 Å². The number of carbonyl (C=O) groups is 2. The highest BCUT2D eigenvalue weighted by Crippen LogP contribution is 2.17. The van der Waals surface area contributed by atoms with E-state index in [9.17, 15) is 9.59 Å². The molecule has 0 aliphatic heterocycles. The van der Waals surface area contributed by atoms with Crippen LogP contribution in [0.1, 0.15) is 62.6 Å². The van der Waals surface area contributed by atoms with Crippen molar-refractivity contribution in [2.24, 2.45) is 0 Å². The van der Waals surface area contributed by atoms with Gasteiger partial charge in [0.2, 0.25) is 0 Å². The van der Waals surface area contributed by atoms with Gasteiger partial charge in [-0.2, -0.15) is 0 Å². The number of urea groups is 1. The summed E-state index contributed by atoms with van der Waals surface area (Å²) in [6, 6.07) is 16.3. The van der Waals surface area contributed by atoms with E-state index in [0.29, 0.717) is 19.6 Å². The SMILES string of the molecule is CCCCCCCN(CCc1ccc(CC(OCC)C(=O)OC)cc1)C(=O)N(C)c1ccc(C)cc1. The van der Waals surface area contributed by atoms with E-state index in [1.54, 1.807) is 4.90 Å². The van der Waals surface area contributed by atoms with Crippen molar-refractivity contribution < 1.29 is 19.1 Å². The number of hydrogen-bond acceptors (Lipinski definition) is 4. The molecule has 0 N–H and O–H groups in total. The van der Waals surface area contributed by atoms with Gasteiger partial charge in [-0.1, -0.05) is 74.6 Å². The van der Waals surface area contributed by atoms with Crippen LogP contribution in [0.15, 0.2) is 48.5 Å². The third-order valence-corrected chi connectivity index (χ3v) is 6.46. The molecule has 0 radical (unpaired) electrons. The molecule has 2 aromatic rings. The van der Waals surface area contributed by atoms with Gasteiger partial charge in [0, 0.05) is 38.9 Å². The summed E-state index contributed by atoms with van der Waals surface area (Å²) in [5.41, 5.74) is 4.26. The average molecular weight is 497 g/mol. The highest BCUT2D eigenvalue weighted by atomic mass is 16.6. The van der Waals surface area contributed by atoms with E-state index < -0.39 is 6.10 Å². The van der Waals surface area contributed by atoms with Crippen LogP contribution < -0.4 is 4.90 Å². The van der Waals surface area contributed by atoms with Gasteiger partial charge in [0.1, 0.15) is 0 Å². The Labute approximate surface area is 217 Å². The molecule has 2 amide bonds. The number of unbranched alkanes of at least 4 members (excludes halogenated alkanes) is 4. The van der Waals surface area contributed by atoms with Crippen molar-refractivity contribution >= 4 is 17.7 Å². The van der Waals surface area contributed by atoms with Gasteiger partial charge in [-0.25, -0.2) is 9.59 Å².